The predicted octanol–water partition coefficient (Wildman–Crippen LogP) is 5.33. The van der Waals surface area contributed by atoms with E-state index in [0.29, 0.717) is 30.9 Å². The first kappa shape index (κ1) is 31.2. The van der Waals surface area contributed by atoms with Crippen LogP contribution in [0.4, 0.5) is 10.5 Å². The number of nitrogens with one attached hydrogen (secondary N) is 1. The van der Waals surface area contributed by atoms with Gasteiger partial charge in [-0.1, -0.05) is 67.1 Å². The summed E-state index contributed by atoms with van der Waals surface area (Å²) in [5.41, 5.74) is 9.93. The van der Waals surface area contributed by atoms with Crippen molar-refractivity contribution in [1.29, 1.82) is 0 Å². The first-order valence-corrected chi connectivity index (χ1v) is 15.6. The van der Waals surface area contributed by atoms with E-state index in [1.807, 2.05) is 78.9 Å². The molecule has 44 heavy (non-hydrogen) atoms. The van der Waals surface area contributed by atoms with Gasteiger partial charge in [0.2, 0.25) is 5.91 Å². The Hall–Kier alpha value is -4.21. The fourth-order valence-electron chi connectivity index (χ4n) is 6.16. The Balaban J connectivity index is 1.13. The molecule has 0 spiro atoms. The maximum atomic E-state index is 13.2. The zero-order valence-electron chi connectivity index (χ0n) is 25.5. The van der Waals surface area contributed by atoms with Gasteiger partial charge in [-0.05, 0) is 68.0 Å². The molecule has 9 heteroatoms. The summed E-state index contributed by atoms with van der Waals surface area (Å²) in [6.45, 7) is 3.40. The highest BCUT2D eigenvalue weighted by Crippen LogP contribution is 2.28. The summed E-state index contributed by atoms with van der Waals surface area (Å²) >= 11 is 0. The van der Waals surface area contributed by atoms with E-state index in [1.54, 1.807) is 11.9 Å². The van der Waals surface area contributed by atoms with Gasteiger partial charge in [-0.25, -0.2) is 4.79 Å². The van der Waals surface area contributed by atoms with Crippen LogP contribution in [0.25, 0.3) is 11.1 Å². The van der Waals surface area contributed by atoms with Gasteiger partial charge in [-0.3, -0.25) is 24.7 Å². The second-order valence-corrected chi connectivity index (χ2v) is 11.7. The van der Waals surface area contributed by atoms with Crippen molar-refractivity contribution in [3.8, 4) is 11.1 Å². The number of hydrogen-bond acceptors (Lipinski definition) is 6. The van der Waals surface area contributed by atoms with Crippen LogP contribution >= 0.6 is 0 Å². The summed E-state index contributed by atoms with van der Waals surface area (Å²) in [5.74, 6) is -0.331. The monoisotopic (exact) mass is 597 g/mol. The molecule has 2 aliphatic rings. The quantitative estimate of drug-likeness (QED) is 0.327. The lowest BCUT2D eigenvalue weighted by Gasteiger charge is -2.35. The molecule has 3 amide bonds. The number of para-hydroxylation sites is 1. The summed E-state index contributed by atoms with van der Waals surface area (Å²) in [4.78, 5) is 44.1. The van der Waals surface area contributed by atoms with Gasteiger partial charge in [0, 0.05) is 44.4 Å². The highest BCUT2D eigenvalue weighted by Gasteiger charge is 2.28. The van der Waals surface area contributed by atoms with Crippen LogP contribution in [-0.2, 0) is 16.1 Å². The maximum absolute atomic E-state index is 13.2. The molecule has 3 aromatic rings. The molecular formula is C35H43N5O4. The smallest absolute Gasteiger partial charge is 0.413 e. The number of nitrogens with two attached hydrogens (primary N) is 1. The number of likely N-dealkylation sites (tertiary alicyclic amines) is 2. The number of anilines is 1. The van der Waals surface area contributed by atoms with Crippen LogP contribution in [0.15, 0.2) is 78.9 Å². The minimum Gasteiger partial charge on any atom is -0.430 e. The number of benzene rings is 3. The largest absolute Gasteiger partial charge is 0.430 e. The van der Waals surface area contributed by atoms with Crippen molar-refractivity contribution in [1.82, 2.24) is 14.7 Å². The number of piperidine rings is 2. The molecule has 232 valence electrons. The minimum absolute atomic E-state index is 0.0609. The Morgan fingerprint density at radius 2 is 1.55 bits per heavy atom. The Labute approximate surface area is 260 Å². The lowest BCUT2D eigenvalue weighted by atomic mass is 10.0. The lowest BCUT2D eigenvalue weighted by Crippen LogP contribution is -2.47. The van der Waals surface area contributed by atoms with Crippen LogP contribution in [0.3, 0.4) is 0 Å². The molecular weight excluding hydrogens is 554 g/mol. The molecule has 2 saturated heterocycles. The van der Waals surface area contributed by atoms with Crippen molar-refractivity contribution in [3.63, 3.8) is 0 Å². The number of primary amides is 1. The Morgan fingerprint density at radius 3 is 2.30 bits per heavy atom. The molecule has 2 aliphatic heterocycles. The maximum Gasteiger partial charge on any atom is 0.413 e. The lowest BCUT2D eigenvalue weighted by molar-refractivity contribution is -0.124. The third-order valence-electron chi connectivity index (χ3n) is 8.64. The number of carbonyl (C=O) groups excluding carboxylic acids is 3. The van der Waals surface area contributed by atoms with E-state index >= 15 is 0 Å². The van der Waals surface area contributed by atoms with Crippen LogP contribution in [0, 0.1) is 0 Å². The molecule has 2 fully saturated rings. The summed E-state index contributed by atoms with van der Waals surface area (Å²) in [6, 6.07) is 25.0. The predicted molar refractivity (Wildman–Crippen MR) is 172 cm³/mol. The van der Waals surface area contributed by atoms with Crippen LogP contribution in [0.5, 0.6) is 0 Å². The molecule has 2 unspecified atom stereocenters. The number of rotatable bonds is 10. The molecule has 2 heterocycles. The third-order valence-corrected chi connectivity index (χ3v) is 8.64. The van der Waals surface area contributed by atoms with Crippen molar-refractivity contribution in [2.45, 2.75) is 57.3 Å². The van der Waals surface area contributed by atoms with E-state index in [-0.39, 0.29) is 24.1 Å². The summed E-state index contributed by atoms with van der Waals surface area (Å²) < 4.78 is 5.91. The second kappa shape index (κ2) is 15.0. The van der Waals surface area contributed by atoms with E-state index in [4.69, 9.17) is 10.5 Å². The van der Waals surface area contributed by atoms with E-state index in [9.17, 15) is 14.4 Å². The van der Waals surface area contributed by atoms with Crippen molar-refractivity contribution >= 4 is 23.6 Å². The van der Waals surface area contributed by atoms with Crippen molar-refractivity contribution < 1.29 is 19.1 Å². The summed E-state index contributed by atoms with van der Waals surface area (Å²) in [5, 5.41) is 2.94. The first-order chi connectivity index (χ1) is 21.4. The molecule has 3 aromatic carbocycles. The van der Waals surface area contributed by atoms with Gasteiger partial charge < -0.3 is 15.4 Å². The first-order valence-electron chi connectivity index (χ1n) is 15.6. The Bertz CT molecular complexity index is 1410. The number of likely N-dealkylation sites (N-methyl/N-ethyl adjacent to an activating group) is 1. The van der Waals surface area contributed by atoms with Gasteiger partial charge in [0.1, 0.15) is 0 Å². The SMILES string of the molecule is CN(CCN1CCCCC1OC(=O)Nc1ccccc1-c1ccccc1)C(=O)c1ccc(CN2CCCCC2C(N)=O)cc1. The van der Waals surface area contributed by atoms with Gasteiger partial charge in [0.25, 0.3) is 5.91 Å². The molecule has 0 saturated carbocycles. The molecule has 0 radical (unpaired) electrons. The molecule has 0 aromatic heterocycles. The standard InChI is InChI=1S/C35H43N5O4/c1-38(34(42)28-19-17-26(18-20-28)25-40-22-9-7-15-31(40)33(36)41)23-24-39-21-10-8-16-32(39)44-35(43)37-30-14-6-5-13-29(30)27-11-3-2-4-12-27/h2-6,11-14,17-20,31-32H,7-10,15-16,21-25H2,1H3,(H2,36,41)(H,37,43). The van der Waals surface area contributed by atoms with E-state index < -0.39 is 6.09 Å². The number of nitrogens with zero attached hydrogens (tertiary/aromatic N) is 3. The molecule has 9 nitrogen and oxygen atoms in total. The topological polar surface area (TPSA) is 108 Å². The fraction of sp³-hybridized carbons (Fsp3) is 0.400. The minimum atomic E-state index is -0.485. The molecule has 0 bridgehead atoms. The summed E-state index contributed by atoms with van der Waals surface area (Å²) in [6.07, 6.45) is 4.79. The van der Waals surface area contributed by atoms with Crippen molar-refractivity contribution in [2.24, 2.45) is 5.73 Å². The van der Waals surface area contributed by atoms with Gasteiger partial charge in [0.15, 0.2) is 6.23 Å². The highest BCUT2D eigenvalue weighted by molar-refractivity contribution is 5.94. The number of ether oxygens (including phenoxy) is 1. The van der Waals surface area contributed by atoms with Crippen LogP contribution < -0.4 is 11.1 Å². The third kappa shape index (κ3) is 8.03. The van der Waals surface area contributed by atoms with Gasteiger partial charge in [-0.15, -0.1) is 0 Å². The van der Waals surface area contributed by atoms with E-state index in [0.717, 1.165) is 68.3 Å². The highest BCUT2D eigenvalue weighted by atomic mass is 16.6. The fourth-order valence-corrected chi connectivity index (χ4v) is 6.16. The normalized spacial score (nSPS) is 19.2. The zero-order chi connectivity index (χ0) is 30.9. The summed E-state index contributed by atoms with van der Waals surface area (Å²) in [7, 11) is 1.80. The van der Waals surface area contributed by atoms with Gasteiger partial charge >= 0.3 is 6.09 Å². The number of carbonyl (C=O) groups is 3. The molecule has 0 aliphatic carbocycles. The second-order valence-electron chi connectivity index (χ2n) is 11.7. The average molecular weight is 598 g/mol. The molecule has 3 N–H and O–H groups in total. The van der Waals surface area contributed by atoms with Gasteiger partial charge in [0.05, 0.1) is 11.7 Å². The van der Waals surface area contributed by atoms with Gasteiger partial charge in [-0.2, -0.15) is 0 Å². The molecule has 5 rings (SSSR count). The van der Waals surface area contributed by atoms with Crippen LogP contribution in [-0.4, -0.2) is 78.1 Å². The van der Waals surface area contributed by atoms with Crippen LogP contribution in [0.2, 0.25) is 0 Å². The van der Waals surface area contributed by atoms with E-state index in [1.165, 1.54) is 0 Å². The zero-order valence-corrected chi connectivity index (χ0v) is 25.5. The number of amides is 3. The Morgan fingerprint density at radius 1 is 0.864 bits per heavy atom. The van der Waals surface area contributed by atoms with Crippen LogP contribution in [0.1, 0.15) is 54.4 Å². The Kier molecular flexibility index (Phi) is 10.6. The molecule has 2 atom stereocenters. The average Bonchev–Trinajstić information content (AvgIpc) is 3.05. The van der Waals surface area contributed by atoms with Crippen molar-refractivity contribution in [3.05, 3.63) is 90.0 Å². The van der Waals surface area contributed by atoms with Crippen molar-refractivity contribution in [2.75, 3.05) is 38.5 Å². The number of hydrogen-bond donors (Lipinski definition) is 2. The van der Waals surface area contributed by atoms with E-state index in [2.05, 4.69) is 15.1 Å².